The SMILES string of the molecule is CCOC(=O)C(C#N)C(C)(C)c1ccccc1. The van der Waals surface area contributed by atoms with Gasteiger partial charge in [-0.15, -0.1) is 0 Å². The van der Waals surface area contributed by atoms with Gasteiger partial charge in [0.25, 0.3) is 0 Å². The molecule has 3 nitrogen and oxygen atoms in total. The van der Waals surface area contributed by atoms with Crippen LogP contribution >= 0.6 is 0 Å². The summed E-state index contributed by atoms with van der Waals surface area (Å²) in [7, 11) is 0. The molecule has 0 aliphatic heterocycles. The van der Waals surface area contributed by atoms with Gasteiger partial charge in [-0.3, -0.25) is 4.79 Å². The van der Waals surface area contributed by atoms with Crippen molar-refractivity contribution in [2.24, 2.45) is 5.92 Å². The molecule has 0 amide bonds. The Morgan fingerprint density at radius 1 is 1.41 bits per heavy atom. The lowest BCUT2D eigenvalue weighted by Crippen LogP contribution is -2.35. The monoisotopic (exact) mass is 231 g/mol. The highest BCUT2D eigenvalue weighted by Crippen LogP contribution is 2.32. The van der Waals surface area contributed by atoms with Crippen molar-refractivity contribution in [2.45, 2.75) is 26.2 Å². The molecule has 0 saturated heterocycles. The first-order chi connectivity index (χ1) is 8.04. The summed E-state index contributed by atoms with van der Waals surface area (Å²) in [5.41, 5.74) is 0.405. The fraction of sp³-hybridized carbons (Fsp3) is 0.429. The van der Waals surface area contributed by atoms with Crippen LogP contribution in [-0.2, 0) is 14.9 Å². The first-order valence-electron chi connectivity index (χ1n) is 5.65. The molecule has 1 unspecified atom stereocenters. The number of hydrogen-bond acceptors (Lipinski definition) is 3. The van der Waals surface area contributed by atoms with Crippen molar-refractivity contribution in [2.75, 3.05) is 6.61 Å². The van der Waals surface area contributed by atoms with Gasteiger partial charge in [-0.1, -0.05) is 44.2 Å². The quantitative estimate of drug-likeness (QED) is 0.748. The second-order valence-corrected chi connectivity index (χ2v) is 4.40. The predicted octanol–water partition coefficient (Wildman–Crippen LogP) is 2.67. The molecule has 0 aromatic heterocycles. The molecule has 1 atom stereocenters. The molecule has 1 aromatic carbocycles. The Morgan fingerprint density at radius 3 is 2.47 bits per heavy atom. The highest BCUT2D eigenvalue weighted by Gasteiger charge is 2.37. The van der Waals surface area contributed by atoms with Crippen LogP contribution in [-0.4, -0.2) is 12.6 Å². The summed E-state index contributed by atoms with van der Waals surface area (Å²) in [6.07, 6.45) is 0. The molecule has 0 spiro atoms. The summed E-state index contributed by atoms with van der Waals surface area (Å²) in [5, 5.41) is 9.17. The van der Waals surface area contributed by atoms with Gasteiger partial charge in [0.05, 0.1) is 12.7 Å². The van der Waals surface area contributed by atoms with E-state index in [1.165, 1.54) is 0 Å². The van der Waals surface area contributed by atoms with E-state index in [2.05, 4.69) is 6.07 Å². The van der Waals surface area contributed by atoms with Crippen LogP contribution in [0, 0.1) is 17.2 Å². The molecule has 90 valence electrons. The number of ether oxygens (including phenoxy) is 1. The van der Waals surface area contributed by atoms with E-state index < -0.39 is 17.3 Å². The van der Waals surface area contributed by atoms with Crippen molar-refractivity contribution in [1.82, 2.24) is 0 Å². The number of hydrogen-bond donors (Lipinski definition) is 0. The first-order valence-corrected chi connectivity index (χ1v) is 5.65. The second kappa shape index (κ2) is 5.49. The van der Waals surface area contributed by atoms with E-state index in [9.17, 15) is 4.79 Å². The van der Waals surface area contributed by atoms with Crippen molar-refractivity contribution in [3.63, 3.8) is 0 Å². The van der Waals surface area contributed by atoms with Crippen LogP contribution in [0.3, 0.4) is 0 Å². The molecule has 17 heavy (non-hydrogen) atoms. The van der Waals surface area contributed by atoms with Crippen LogP contribution in [0.5, 0.6) is 0 Å². The molecule has 0 aliphatic rings. The molecular weight excluding hydrogens is 214 g/mol. The van der Waals surface area contributed by atoms with E-state index in [1.807, 2.05) is 44.2 Å². The molecule has 0 radical (unpaired) electrons. The molecule has 1 aromatic rings. The topological polar surface area (TPSA) is 50.1 Å². The van der Waals surface area contributed by atoms with Gasteiger partial charge in [-0.25, -0.2) is 0 Å². The number of benzene rings is 1. The number of nitriles is 1. The summed E-state index contributed by atoms with van der Waals surface area (Å²) in [6, 6.07) is 11.6. The molecule has 0 heterocycles. The minimum atomic E-state index is -0.787. The van der Waals surface area contributed by atoms with Crippen molar-refractivity contribution in [3.8, 4) is 6.07 Å². The van der Waals surface area contributed by atoms with Crippen molar-refractivity contribution >= 4 is 5.97 Å². The van der Waals surface area contributed by atoms with Crippen molar-refractivity contribution in [1.29, 1.82) is 5.26 Å². The van der Waals surface area contributed by atoms with E-state index in [0.717, 1.165) is 5.56 Å². The second-order valence-electron chi connectivity index (χ2n) is 4.40. The normalized spacial score (nSPS) is 12.6. The van der Waals surface area contributed by atoms with Crippen LogP contribution in [0.25, 0.3) is 0 Å². The van der Waals surface area contributed by atoms with Gasteiger partial charge in [0.15, 0.2) is 5.92 Å². The molecule has 0 fully saturated rings. The largest absolute Gasteiger partial charge is 0.465 e. The third-order valence-corrected chi connectivity index (χ3v) is 2.89. The van der Waals surface area contributed by atoms with E-state index in [0.29, 0.717) is 6.61 Å². The van der Waals surface area contributed by atoms with Gasteiger partial charge < -0.3 is 4.74 Å². The lowest BCUT2D eigenvalue weighted by molar-refractivity contribution is -0.147. The van der Waals surface area contributed by atoms with E-state index in [1.54, 1.807) is 6.92 Å². The fourth-order valence-corrected chi connectivity index (χ4v) is 1.77. The smallest absolute Gasteiger partial charge is 0.324 e. The van der Waals surface area contributed by atoms with Gasteiger partial charge in [-0.05, 0) is 12.5 Å². The molecule has 1 rings (SSSR count). The van der Waals surface area contributed by atoms with E-state index >= 15 is 0 Å². The van der Waals surface area contributed by atoms with Gasteiger partial charge in [-0.2, -0.15) is 5.26 Å². The minimum absolute atomic E-state index is 0.294. The third kappa shape index (κ3) is 2.85. The Morgan fingerprint density at radius 2 is 2.00 bits per heavy atom. The Hall–Kier alpha value is -1.82. The zero-order valence-electron chi connectivity index (χ0n) is 10.4. The molecule has 0 bridgehead atoms. The summed E-state index contributed by atoms with van der Waals surface area (Å²) in [4.78, 5) is 11.7. The minimum Gasteiger partial charge on any atom is -0.465 e. The lowest BCUT2D eigenvalue weighted by atomic mass is 9.74. The molecule has 3 heteroatoms. The number of carbonyl (C=O) groups is 1. The molecule has 0 N–H and O–H groups in total. The predicted molar refractivity (Wildman–Crippen MR) is 65.2 cm³/mol. The average molecular weight is 231 g/mol. The standard InChI is InChI=1S/C14H17NO2/c1-4-17-13(16)12(10-15)14(2,3)11-8-6-5-7-9-11/h5-9,12H,4H2,1-3H3. The maximum Gasteiger partial charge on any atom is 0.324 e. The Balaban J connectivity index is 3.03. The van der Waals surface area contributed by atoms with Gasteiger partial charge in [0, 0.05) is 5.41 Å². The van der Waals surface area contributed by atoms with Crippen molar-refractivity contribution in [3.05, 3.63) is 35.9 Å². The Labute approximate surface area is 102 Å². The van der Waals surface area contributed by atoms with Crippen LogP contribution < -0.4 is 0 Å². The fourth-order valence-electron chi connectivity index (χ4n) is 1.77. The summed E-state index contributed by atoms with van der Waals surface area (Å²) < 4.78 is 4.94. The highest BCUT2D eigenvalue weighted by molar-refractivity contribution is 5.77. The summed E-state index contributed by atoms with van der Waals surface area (Å²) in [6.45, 7) is 5.80. The van der Waals surface area contributed by atoms with E-state index in [4.69, 9.17) is 10.00 Å². The summed E-state index contributed by atoms with van der Waals surface area (Å²) >= 11 is 0. The molecular formula is C14H17NO2. The van der Waals surface area contributed by atoms with Crippen LogP contribution in [0.2, 0.25) is 0 Å². The lowest BCUT2D eigenvalue weighted by Gasteiger charge is -2.28. The van der Waals surface area contributed by atoms with E-state index in [-0.39, 0.29) is 0 Å². The van der Waals surface area contributed by atoms with Crippen molar-refractivity contribution < 1.29 is 9.53 Å². The Bertz CT molecular complexity index is 418. The zero-order valence-corrected chi connectivity index (χ0v) is 10.4. The summed E-state index contributed by atoms with van der Waals surface area (Å²) in [5.74, 6) is -1.24. The maximum absolute atomic E-state index is 11.7. The van der Waals surface area contributed by atoms with Crippen LogP contribution in [0.1, 0.15) is 26.3 Å². The van der Waals surface area contributed by atoms with Crippen LogP contribution in [0.15, 0.2) is 30.3 Å². The van der Waals surface area contributed by atoms with Crippen LogP contribution in [0.4, 0.5) is 0 Å². The number of rotatable bonds is 4. The maximum atomic E-state index is 11.7. The first kappa shape index (κ1) is 13.2. The number of esters is 1. The Kier molecular flexibility index (Phi) is 4.28. The molecule has 0 aliphatic carbocycles. The average Bonchev–Trinajstić information content (AvgIpc) is 2.31. The van der Waals surface area contributed by atoms with Gasteiger partial charge in [0.2, 0.25) is 0 Å². The molecule has 0 saturated carbocycles. The van der Waals surface area contributed by atoms with Gasteiger partial charge >= 0.3 is 5.97 Å². The highest BCUT2D eigenvalue weighted by atomic mass is 16.5. The third-order valence-electron chi connectivity index (χ3n) is 2.89. The number of carbonyl (C=O) groups excluding carboxylic acids is 1. The van der Waals surface area contributed by atoms with Gasteiger partial charge in [0.1, 0.15) is 0 Å². The number of nitrogens with zero attached hydrogens (tertiary/aromatic N) is 1. The zero-order chi connectivity index (χ0) is 12.9.